The van der Waals surface area contributed by atoms with E-state index < -0.39 is 11.7 Å². The van der Waals surface area contributed by atoms with Crippen LogP contribution in [0.2, 0.25) is 0 Å². The van der Waals surface area contributed by atoms with Crippen molar-refractivity contribution in [3.05, 3.63) is 22.3 Å². The van der Waals surface area contributed by atoms with Crippen molar-refractivity contribution >= 4 is 40.3 Å². The molecule has 1 fully saturated rings. The molecule has 1 aromatic rings. The topological polar surface area (TPSA) is 33.2 Å². The lowest BCUT2D eigenvalue weighted by Gasteiger charge is -2.17. The van der Waals surface area contributed by atoms with E-state index in [1.54, 1.807) is 0 Å². The molecule has 0 aromatic carbocycles. The largest absolute Gasteiger partial charge is 0.417 e. The van der Waals surface area contributed by atoms with Gasteiger partial charge in [0.05, 0.1) is 10.0 Å². The Balaban J connectivity index is 2.34. The molecule has 2 heterocycles. The average Bonchev–Trinajstić information content (AvgIpc) is 2.56. The number of anilines is 1. The van der Waals surface area contributed by atoms with Crippen LogP contribution in [0.25, 0.3) is 0 Å². The maximum absolute atomic E-state index is 12.5. The van der Waals surface area contributed by atoms with Gasteiger partial charge in [-0.3, -0.25) is 9.69 Å². The number of halogens is 4. The van der Waals surface area contributed by atoms with E-state index in [1.165, 1.54) is 4.90 Å². The summed E-state index contributed by atoms with van der Waals surface area (Å²) in [5.41, 5.74) is -0.854. The number of rotatable bonds is 1. The molecule has 1 unspecified atom stereocenters. The summed E-state index contributed by atoms with van der Waals surface area (Å²) in [5.74, 6) is 0.00695. The minimum Gasteiger partial charge on any atom is -0.295 e. The highest BCUT2D eigenvalue weighted by atomic mass is 79.9. The first-order valence-electron chi connectivity index (χ1n) is 5.00. The highest BCUT2D eigenvalue weighted by molar-refractivity contribution is 9.10. The molecular weight excluding hydrogens is 333 g/mol. The average molecular weight is 341 g/mol. The first-order valence-corrected chi connectivity index (χ1v) is 6.31. The van der Waals surface area contributed by atoms with Gasteiger partial charge in [-0.1, -0.05) is 0 Å². The fourth-order valence-electron chi connectivity index (χ4n) is 1.68. The van der Waals surface area contributed by atoms with Gasteiger partial charge in [-0.05, 0) is 22.0 Å². The number of thiol groups is 1. The van der Waals surface area contributed by atoms with E-state index in [9.17, 15) is 18.0 Å². The molecule has 1 amide bonds. The second kappa shape index (κ2) is 4.73. The van der Waals surface area contributed by atoms with Crippen molar-refractivity contribution in [2.24, 2.45) is 0 Å². The van der Waals surface area contributed by atoms with Crippen LogP contribution in [-0.2, 0) is 11.0 Å². The van der Waals surface area contributed by atoms with Gasteiger partial charge in [0.2, 0.25) is 5.91 Å². The smallest absolute Gasteiger partial charge is 0.295 e. The molecular formula is C10H8BrF3N2OS. The van der Waals surface area contributed by atoms with Crippen LogP contribution in [0.1, 0.15) is 12.0 Å². The predicted molar refractivity (Wildman–Crippen MR) is 66.7 cm³/mol. The SMILES string of the molecule is O=C1CC(S)CN1c1ncc(C(F)(F)F)cc1Br. The molecule has 1 aliphatic heterocycles. The van der Waals surface area contributed by atoms with Crippen molar-refractivity contribution in [1.29, 1.82) is 0 Å². The van der Waals surface area contributed by atoms with Crippen LogP contribution in [0, 0.1) is 0 Å². The molecule has 98 valence electrons. The van der Waals surface area contributed by atoms with Crippen molar-refractivity contribution in [2.45, 2.75) is 17.8 Å². The van der Waals surface area contributed by atoms with Gasteiger partial charge in [0, 0.05) is 24.4 Å². The van der Waals surface area contributed by atoms with E-state index in [0.717, 1.165) is 12.3 Å². The van der Waals surface area contributed by atoms with Gasteiger partial charge in [0.15, 0.2) is 0 Å². The molecule has 2 rings (SSSR count). The number of alkyl halides is 3. The molecule has 1 aliphatic rings. The summed E-state index contributed by atoms with van der Waals surface area (Å²) in [6.07, 6.45) is -3.47. The highest BCUT2D eigenvalue weighted by Gasteiger charge is 2.34. The number of pyridine rings is 1. The molecule has 1 saturated heterocycles. The zero-order chi connectivity index (χ0) is 13.5. The molecule has 0 radical (unpaired) electrons. The Hall–Kier alpha value is -0.760. The molecule has 18 heavy (non-hydrogen) atoms. The number of nitrogens with zero attached hydrogens (tertiary/aromatic N) is 2. The maximum Gasteiger partial charge on any atom is 0.417 e. The van der Waals surface area contributed by atoms with Crippen LogP contribution in [0.15, 0.2) is 16.7 Å². The Morgan fingerprint density at radius 2 is 2.17 bits per heavy atom. The number of hydrogen-bond acceptors (Lipinski definition) is 3. The number of amides is 1. The van der Waals surface area contributed by atoms with E-state index in [1.807, 2.05) is 0 Å². The molecule has 0 spiro atoms. The van der Waals surface area contributed by atoms with E-state index in [4.69, 9.17) is 0 Å². The fraction of sp³-hybridized carbons (Fsp3) is 0.400. The van der Waals surface area contributed by atoms with Gasteiger partial charge in [0.1, 0.15) is 5.82 Å². The third-order valence-corrected chi connectivity index (χ3v) is 3.44. The quantitative estimate of drug-likeness (QED) is 0.797. The van der Waals surface area contributed by atoms with Crippen LogP contribution in [-0.4, -0.2) is 22.7 Å². The summed E-state index contributed by atoms with van der Waals surface area (Å²) in [4.78, 5) is 16.7. The summed E-state index contributed by atoms with van der Waals surface area (Å²) in [6, 6.07) is 0.918. The Kier molecular flexibility index (Phi) is 3.59. The van der Waals surface area contributed by atoms with Gasteiger partial charge in [0.25, 0.3) is 0 Å². The third-order valence-electron chi connectivity index (χ3n) is 2.51. The summed E-state index contributed by atoms with van der Waals surface area (Å²) >= 11 is 7.19. The Morgan fingerprint density at radius 3 is 2.61 bits per heavy atom. The summed E-state index contributed by atoms with van der Waals surface area (Å²) in [7, 11) is 0. The molecule has 1 aromatic heterocycles. The zero-order valence-electron chi connectivity index (χ0n) is 8.91. The number of carbonyl (C=O) groups is 1. The van der Waals surface area contributed by atoms with Crippen molar-refractivity contribution in [3.63, 3.8) is 0 Å². The van der Waals surface area contributed by atoms with E-state index in [2.05, 4.69) is 33.5 Å². The van der Waals surface area contributed by atoms with Gasteiger partial charge < -0.3 is 0 Å². The Labute approximate surface area is 115 Å². The number of carbonyl (C=O) groups excluding carboxylic acids is 1. The van der Waals surface area contributed by atoms with Crippen molar-refractivity contribution in [2.75, 3.05) is 11.4 Å². The molecule has 0 aliphatic carbocycles. The summed E-state index contributed by atoms with van der Waals surface area (Å²) < 4.78 is 37.5. The first kappa shape index (κ1) is 13.7. The third kappa shape index (κ3) is 2.64. The minimum atomic E-state index is -4.45. The molecule has 0 bridgehead atoms. The predicted octanol–water partition coefficient (Wildman–Crippen LogP) is 2.90. The zero-order valence-corrected chi connectivity index (χ0v) is 11.4. The molecule has 1 atom stereocenters. The van der Waals surface area contributed by atoms with Crippen LogP contribution in [0.4, 0.5) is 19.0 Å². The normalized spacial score (nSPS) is 20.6. The lowest BCUT2D eigenvalue weighted by Crippen LogP contribution is -2.26. The highest BCUT2D eigenvalue weighted by Crippen LogP contribution is 2.35. The lowest BCUT2D eigenvalue weighted by molar-refractivity contribution is -0.137. The van der Waals surface area contributed by atoms with Crippen LogP contribution >= 0.6 is 28.6 Å². The molecule has 8 heteroatoms. The van der Waals surface area contributed by atoms with Gasteiger partial charge in [-0.15, -0.1) is 0 Å². The van der Waals surface area contributed by atoms with Gasteiger partial charge in [-0.25, -0.2) is 4.98 Å². The second-order valence-corrected chi connectivity index (χ2v) is 5.47. The monoisotopic (exact) mass is 340 g/mol. The summed E-state index contributed by atoms with van der Waals surface area (Å²) in [6.45, 7) is 0.346. The number of aromatic nitrogens is 1. The minimum absolute atomic E-state index is 0.117. The van der Waals surface area contributed by atoms with E-state index >= 15 is 0 Å². The van der Waals surface area contributed by atoms with Crippen LogP contribution in [0.5, 0.6) is 0 Å². The Bertz CT molecular complexity index is 495. The molecule has 0 saturated carbocycles. The standard InChI is InChI=1S/C10H8BrF3N2OS/c11-7-1-5(10(12,13)14)3-15-9(7)16-4-6(18)2-8(16)17/h1,3,6,18H,2,4H2. The molecule has 0 N–H and O–H groups in total. The van der Waals surface area contributed by atoms with E-state index in [0.29, 0.717) is 6.54 Å². The van der Waals surface area contributed by atoms with Crippen LogP contribution < -0.4 is 4.90 Å². The van der Waals surface area contributed by atoms with Crippen molar-refractivity contribution in [1.82, 2.24) is 4.98 Å². The lowest BCUT2D eigenvalue weighted by atomic mass is 10.2. The maximum atomic E-state index is 12.5. The fourth-order valence-corrected chi connectivity index (χ4v) is 2.56. The molecule has 3 nitrogen and oxygen atoms in total. The Morgan fingerprint density at radius 1 is 1.50 bits per heavy atom. The van der Waals surface area contributed by atoms with Gasteiger partial charge in [-0.2, -0.15) is 25.8 Å². The second-order valence-electron chi connectivity index (χ2n) is 3.89. The van der Waals surface area contributed by atoms with Crippen molar-refractivity contribution in [3.8, 4) is 0 Å². The van der Waals surface area contributed by atoms with Gasteiger partial charge >= 0.3 is 6.18 Å². The van der Waals surface area contributed by atoms with E-state index in [-0.39, 0.29) is 27.9 Å². The van der Waals surface area contributed by atoms with Crippen molar-refractivity contribution < 1.29 is 18.0 Å². The first-order chi connectivity index (χ1) is 8.29. The number of hydrogen-bond donors (Lipinski definition) is 1. The van der Waals surface area contributed by atoms with Crippen LogP contribution in [0.3, 0.4) is 0 Å². The summed E-state index contributed by atoms with van der Waals surface area (Å²) in [5, 5.41) is -0.117.